The number of carbonyl (C=O) groups excluding carboxylic acids is 1. The molecule has 0 fully saturated rings. The molecule has 196 valence electrons. The minimum Gasteiger partial charge on any atom is -0.481 e. The lowest BCUT2D eigenvalue weighted by molar-refractivity contribution is -0.384. The molecule has 2 heterocycles. The molecule has 1 unspecified atom stereocenters. The third kappa shape index (κ3) is 5.77. The number of nitro benzene ring substituents is 1. The molecule has 0 bridgehead atoms. The molecule has 38 heavy (non-hydrogen) atoms. The molecular weight excluding hydrogens is 493 g/mol. The van der Waals surface area contributed by atoms with Gasteiger partial charge >= 0.3 is 5.97 Å². The second kappa shape index (κ2) is 10.3. The molecule has 10 nitrogen and oxygen atoms in total. The second-order valence-electron chi connectivity index (χ2n) is 9.78. The average molecular weight is 520 g/mol. The van der Waals surface area contributed by atoms with Crippen LogP contribution >= 0.6 is 0 Å². The summed E-state index contributed by atoms with van der Waals surface area (Å²) in [4.78, 5) is 40.4. The number of carboxylic acid groups (broad SMARTS) is 1. The van der Waals surface area contributed by atoms with E-state index < -0.39 is 35.1 Å². The molecule has 3 N–H and O–H groups in total. The number of fused-ring (bicyclic) bond motifs is 1. The van der Waals surface area contributed by atoms with E-state index in [0.717, 1.165) is 0 Å². The van der Waals surface area contributed by atoms with E-state index in [-0.39, 0.29) is 22.4 Å². The van der Waals surface area contributed by atoms with Gasteiger partial charge < -0.3 is 15.7 Å². The van der Waals surface area contributed by atoms with Crippen molar-refractivity contribution in [1.82, 2.24) is 14.7 Å². The predicted octanol–water partition coefficient (Wildman–Crippen LogP) is 5.20. The van der Waals surface area contributed by atoms with E-state index in [1.165, 1.54) is 36.4 Å². The number of imidazole rings is 1. The molecule has 0 radical (unpaired) electrons. The number of hydrogen-bond donors (Lipinski definition) is 3. The van der Waals surface area contributed by atoms with Gasteiger partial charge in [0, 0.05) is 29.4 Å². The number of carbonyl (C=O) groups is 2. The van der Waals surface area contributed by atoms with Crippen molar-refractivity contribution < 1.29 is 24.0 Å². The van der Waals surface area contributed by atoms with Crippen molar-refractivity contribution in [2.75, 3.05) is 5.32 Å². The number of nitrogens with one attached hydrogen (secondary N) is 2. The molecule has 0 saturated heterocycles. The lowest BCUT2D eigenvalue weighted by Crippen LogP contribution is -2.30. The summed E-state index contributed by atoms with van der Waals surface area (Å²) in [6.07, 6.45) is 1.25. The maximum absolute atomic E-state index is 13.6. The van der Waals surface area contributed by atoms with Crippen molar-refractivity contribution in [3.8, 4) is 11.3 Å². The molecule has 0 aliphatic carbocycles. The highest BCUT2D eigenvalue weighted by molar-refractivity contribution is 6.01. The zero-order valence-electron chi connectivity index (χ0n) is 20.9. The molecule has 1 atom stereocenters. The van der Waals surface area contributed by atoms with Gasteiger partial charge in [-0.1, -0.05) is 12.1 Å². The summed E-state index contributed by atoms with van der Waals surface area (Å²) in [5.74, 6) is -1.59. The second-order valence-corrected chi connectivity index (χ2v) is 9.78. The van der Waals surface area contributed by atoms with Gasteiger partial charge in [-0.25, -0.2) is 9.37 Å². The topological polar surface area (TPSA) is 139 Å². The zero-order chi connectivity index (χ0) is 27.6. The van der Waals surface area contributed by atoms with Crippen LogP contribution in [0.2, 0.25) is 0 Å². The summed E-state index contributed by atoms with van der Waals surface area (Å²) < 4.78 is 15.3. The minimum absolute atomic E-state index is 0.165. The van der Waals surface area contributed by atoms with Gasteiger partial charge in [0.2, 0.25) is 0 Å². The number of nitro groups is 1. The molecule has 4 aromatic rings. The lowest BCUT2D eigenvalue weighted by Gasteiger charge is -2.22. The van der Waals surface area contributed by atoms with Gasteiger partial charge in [0.15, 0.2) is 5.65 Å². The number of non-ortho nitro benzene ring substituents is 1. The van der Waals surface area contributed by atoms with Crippen LogP contribution in [0, 0.1) is 15.9 Å². The number of carboxylic acids is 1. The van der Waals surface area contributed by atoms with E-state index in [1.807, 2.05) is 20.8 Å². The standard InChI is InChI=1S/C27H26FN5O5/c1-27(2,3)31-25-23(16-9-11-18(28)12-10-16)30-24-20(8-5-13-32(24)25)26(36)29-21(15-22(34)35)17-6-4-7-19(14-17)33(37)38/h4-14,21,31H,15H2,1-3H3,(H,29,36)(H,34,35). The maximum Gasteiger partial charge on any atom is 0.305 e. The van der Waals surface area contributed by atoms with Crippen molar-refractivity contribution in [1.29, 1.82) is 0 Å². The number of aromatic nitrogens is 2. The normalized spacial score (nSPS) is 12.2. The van der Waals surface area contributed by atoms with Crippen LogP contribution in [-0.4, -0.2) is 36.8 Å². The van der Waals surface area contributed by atoms with Crippen LogP contribution in [-0.2, 0) is 4.79 Å². The van der Waals surface area contributed by atoms with Crippen molar-refractivity contribution in [3.05, 3.63) is 93.9 Å². The molecule has 1 amide bonds. The number of halogens is 1. The van der Waals surface area contributed by atoms with Gasteiger partial charge in [0.25, 0.3) is 11.6 Å². The molecular formula is C27H26FN5O5. The first kappa shape index (κ1) is 26.3. The number of anilines is 1. The van der Waals surface area contributed by atoms with Gasteiger partial charge in [0.05, 0.1) is 22.9 Å². The fourth-order valence-corrected chi connectivity index (χ4v) is 4.05. The summed E-state index contributed by atoms with van der Waals surface area (Å²) in [6.45, 7) is 5.90. The molecule has 0 saturated carbocycles. The Morgan fingerprint density at radius 1 is 1.13 bits per heavy atom. The molecule has 0 spiro atoms. The van der Waals surface area contributed by atoms with Gasteiger partial charge in [-0.3, -0.25) is 24.1 Å². The number of nitrogens with zero attached hydrogens (tertiary/aromatic N) is 3. The Balaban J connectivity index is 1.79. The monoisotopic (exact) mass is 519 g/mol. The number of pyridine rings is 1. The van der Waals surface area contributed by atoms with Gasteiger partial charge in [0.1, 0.15) is 17.3 Å². The Morgan fingerprint density at radius 3 is 2.47 bits per heavy atom. The highest BCUT2D eigenvalue weighted by Gasteiger charge is 2.25. The molecule has 11 heteroatoms. The van der Waals surface area contributed by atoms with Crippen LogP contribution < -0.4 is 10.6 Å². The van der Waals surface area contributed by atoms with Crippen LogP contribution in [0.3, 0.4) is 0 Å². The lowest BCUT2D eigenvalue weighted by atomic mass is 10.0. The van der Waals surface area contributed by atoms with Crippen LogP contribution in [0.1, 0.15) is 49.2 Å². The number of amides is 1. The van der Waals surface area contributed by atoms with Crippen molar-refractivity contribution in [3.63, 3.8) is 0 Å². The van der Waals surface area contributed by atoms with Crippen molar-refractivity contribution in [2.45, 2.75) is 38.8 Å². The highest BCUT2D eigenvalue weighted by atomic mass is 19.1. The van der Waals surface area contributed by atoms with Crippen LogP contribution in [0.5, 0.6) is 0 Å². The first-order chi connectivity index (χ1) is 17.9. The minimum atomic E-state index is -1.18. The summed E-state index contributed by atoms with van der Waals surface area (Å²) in [7, 11) is 0. The van der Waals surface area contributed by atoms with E-state index in [0.29, 0.717) is 22.7 Å². The van der Waals surface area contributed by atoms with Crippen molar-refractivity contribution >= 4 is 29.0 Å². The summed E-state index contributed by atoms with van der Waals surface area (Å²) in [5.41, 5.74) is 1.28. The third-order valence-electron chi connectivity index (χ3n) is 5.67. The number of benzene rings is 2. The summed E-state index contributed by atoms with van der Waals surface area (Å²) in [6, 6.07) is 13.5. The van der Waals surface area contributed by atoms with Gasteiger partial charge in [-0.2, -0.15) is 0 Å². The van der Waals surface area contributed by atoms with Gasteiger partial charge in [-0.15, -0.1) is 0 Å². The largest absolute Gasteiger partial charge is 0.481 e. The Hall–Kier alpha value is -4.80. The number of hydrogen-bond acceptors (Lipinski definition) is 6. The van der Waals surface area contributed by atoms with E-state index in [2.05, 4.69) is 10.6 Å². The molecule has 0 aliphatic heterocycles. The fraction of sp³-hybridized carbons (Fsp3) is 0.222. The SMILES string of the molecule is CC(C)(C)Nc1c(-c2ccc(F)cc2)nc2c(C(=O)NC(CC(=O)O)c3cccc([N+](=O)[O-])c3)cccn12. The summed E-state index contributed by atoms with van der Waals surface area (Å²) >= 11 is 0. The van der Waals surface area contributed by atoms with Crippen LogP contribution in [0.15, 0.2) is 66.9 Å². The molecule has 0 aliphatic rings. The smallest absolute Gasteiger partial charge is 0.305 e. The fourth-order valence-electron chi connectivity index (χ4n) is 4.05. The number of aliphatic carboxylic acids is 1. The van der Waals surface area contributed by atoms with E-state index >= 15 is 0 Å². The zero-order valence-corrected chi connectivity index (χ0v) is 20.9. The molecule has 2 aromatic carbocycles. The summed E-state index contributed by atoms with van der Waals surface area (Å²) in [5, 5.41) is 26.7. The predicted molar refractivity (Wildman–Crippen MR) is 140 cm³/mol. The Labute approximate surface area is 217 Å². The highest BCUT2D eigenvalue weighted by Crippen LogP contribution is 2.32. The van der Waals surface area contributed by atoms with E-state index in [9.17, 15) is 29.2 Å². The van der Waals surface area contributed by atoms with Crippen LogP contribution in [0.25, 0.3) is 16.9 Å². The van der Waals surface area contributed by atoms with E-state index in [4.69, 9.17) is 4.98 Å². The maximum atomic E-state index is 13.6. The first-order valence-electron chi connectivity index (χ1n) is 11.7. The van der Waals surface area contributed by atoms with Crippen molar-refractivity contribution in [2.24, 2.45) is 0 Å². The average Bonchev–Trinajstić information content (AvgIpc) is 3.20. The number of rotatable bonds is 8. The van der Waals surface area contributed by atoms with Gasteiger partial charge in [-0.05, 0) is 62.7 Å². The molecule has 2 aromatic heterocycles. The van der Waals surface area contributed by atoms with Crippen LogP contribution in [0.4, 0.5) is 15.9 Å². The Bertz CT molecular complexity index is 1530. The third-order valence-corrected chi connectivity index (χ3v) is 5.67. The first-order valence-corrected chi connectivity index (χ1v) is 11.7. The quantitative estimate of drug-likeness (QED) is 0.215. The Morgan fingerprint density at radius 2 is 1.84 bits per heavy atom. The Kier molecular flexibility index (Phi) is 7.11. The molecule has 4 rings (SSSR count). The van der Waals surface area contributed by atoms with E-state index in [1.54, 1.807) is 34.9 Å².